The third-order valence-electron chi connectivity index (χ3n) is 9.71. The van der Waals surface area contributed by atoms with Crippen molar-refractivity contribution in [3.05, 3.63) is 182 Å². The monoisotopic (exact) mass is 629 g/mol. The van der Waals surface area contributed by atoms with Gasteiger partial charge in [-0.25, -0.2) is 0 Å². The third-order valence-corrected chi connectivity index (χ3v) is 9.71. The van der Waals surface area contributed by atoms with Crippen LogP contribution in [0.3, 0.4) is 0 Å². The molecule has 0 saturated heterocycles. The molecule has 0 fully saturated rings. The lowest BCUT2D eigenvalue weighted by atomic mass is 10.0. The van der Waals surface area contributed by atoms with Gasteiger partial charge in [0.25, 0.3) is 0 Å². The van der Waals surface area contributed by atoms with Gasteiger partial charge < -0.3 is 14.4 Å². The van der Waals surface area contributed by atoms with Crippen LogP contribution >= 0.6 is 0 Å². The summed E-state index contributed by atoms with van der Waals surface area (Å²) in [6.07, 6.45) is 0. The third kappa shape index (κ3) is 4.90. The van der Waals surface area contributed by atoms with Gasteiger partial charge in [-0.1, -0.05) is 109 Å². The summed E-state index contributed by atoms with van der Waals surface area (Å²) < 4.78 is 2.44. The van der Waals surface area contributed by atoms with Crippen LogP contribution in [0.15, 0.2) is 182 Å². The molecule has 3 nitrogen and oxygen atoms in total. The molecule has 0 unspecified atom stereocenters. The fourth-order valence-corrected chi connectivity index (χ4v) is 7.51. The van der Waals surface area contributed by atoms with Gasteiger partial charge in [-0.2, -0.15) is 0 Å². The van der Waals surface area contributed by atoms with E-state index in [4.69, 9.17) is 0 Å². The van der Waals surface area contributed by atoms with Crippen LogP contribution in [-0.4, -0.2) is 4.57 Å². The average Bonchev–Trinajstić information content (AvgIpc) is 3.48. The van der Waals surface area contributed by atoms with Gasteiger partial charge in [-0.05, 0) is 90.5 Å². The highest BCUT2D eigenvalue weighted by Gasteiger charge is 2.20. The standard InChI is InChI=1S/C46H35N3/c1-2-47-43-29-27-37(48(35-19-5-3-6-20-35)45-25-13-17-33-15-9-11-23-39(33)45)31-41(43)42-32-38(28-30-44(42)47)49(36-21-7-4-8-22-36)46-26-14-18-34-16-10-12-24-40(34)46/h3-32H,2H2,1H3. The van der Waals surface area contributed by atoms with Crippen molar-refractivity contribution in [3.63, 3.8) is 0 Å². The fourth-order valence-electron chi connectivity index (χ4n) is 7.51. The van der Waals surface area contributed by atoms with Crippen LogP contribution in [0, 0.1) is 0 Å². The number of rotatable bonds is 7. The van der Waals surface area contributed by atoms with E-state index in [2.05, 4.69) is 203 Å². The maximum atomic E-state index is 2.44. The number of hydrogen-bond acceptors (Lipinski definition) is 2. The van der Waals surface area contributed by atoms with Gasteiger partial charge >= 0.3 is 0 Å². The van der Waals surface area contributed by atoms with Gasteiger partial charge in [0.2, 0.25) is 0 Å². The molecule has 0 amide bonds. The molecule has 0 aliphatic heterocycles. The van der Waals surface area contributed by atoms with Crippen molar-refractivity contribution in [2.75, 3.05) is 9.80 Å². The topological polar surface area (TPSA) is 11.4 Å². The Morgan fingerprint density at radius 2 is 0.776 bits per heavy atom. The Bertz CT molecular complexity index is 2410. The lowest BCUT2D eigenvalue weighted by Crippen LogP contribution is -2.10. The molecule has 1 heterocycles. The molecule has 3 heteroatoms. The van der Waals surface area contributed by atoms with Crippen molar-refractivity contribution in [3.8, 4) is 0 Å². The molecule has 9 rings (SSSR count). The van der Waals surface area contributed by atoms with E-state index in [1.54, 1.807) is 0 Å². The predicted octanol–water partition coefficient (Wildman–Crippen LogP) is 13.1. The van der Waals surface area contributed by atoms with Gasteiger partial charge in [0.05, 0.1) is 11.4 Å². The molecule has 0 N–H and O–H groups in total. The Hall–Kier alpha value is -6.32. The lowest BCUT2D eigenvalue weighted by Gasteiger charge is -2.27. The number of benzene rings is 8. The van der Waals surface area contributed by atoms with E-state index in [0.717, 1.165) is 40.7 Å². The molecule has 49 heavy (non-hydrogen) atoms. The molecule has 0 saturated carbocycles. The first kappa shape index (κ1) is 28.9. The number of aryl methyl sites for hydroxylation is 1. The quantitative estimate of drug-likeness (QED) is 0.174. The first-order valence-electron chi connectivity index (χ1n) is 17.0. The van der Waals surface area contributed by atoms with Gasteiger partial charge in [0, 0.05) is 61.9 Å². The van der Waals surface area contributed by atoms with Crippen LogP contribution in [0.1, 0.15) is 6.92 Å². The van der Waals surface area contributed by atoms with Crippen LogP contribution in [0.25, 0.3) is 43.4 Å². The largest absolute Gasteiger partial charge is 0.341 e. The van der Waals surface area contributed by atoms with Crippen molar-refractivity contribution < 1.29 is 0 Å². The molecular weight excluding hydrogens is 595 g/mol. The number of aromatic nitrogens is 1. The Morgan fingerprint density at radius 1 is 0.367 bits per heavy atom. The summed E-state index contributed by atoms with van der Waals surface area (Å²) in [6, 6.07) is 65.8. The summed E-state index contributed by atoms with van der Waals surface area (Å²) in [5.74, 6) is 0. The first-order chi connectivity index (χ1) is 24.3. The Morgan fingerprint density at radius 3 is 1.22 bits per heavy atom. The van der Waals surface area contributed by atoms with E-state index in [0.29, 0.717) is 0 Å². The van der Waals surface area contributed by atoms with E-state index in [1.165, 1.54) is 43.4 Å². The van der Waals surface area contributed by atoms with Crippen molar-refractivity contribution in [1.29, 1.82) is 0 Å². The minimum atomic E-state index is 0.885. The summed E-state index contributed by atoms with van der Waals surface area (Å²) >= 11 is 0. The van der Waals surface area contributed by atoms with Gasteiger partial charge in [0.1, 0.15) is 0 Å². The number of para-hydroxylation sites is 2. The minimum Gasteiger partial charge on any atom is -0.341 e. The van der Waals surface area contributed by atoms with Crippen molar-refractivity contribution in [1.82, 2.24) is 4.57 Å². The van der Waals surface area contributed by atoms with Crippen molar-refractivity contribution in [2.24, 2.45) is 0 Å². The summed E-state index contributed by atoms with van der Waals surface area (Å²) in [5.41, 5.74) is 9.31. The van der Waals surface area contributed by atoms with Gasteiger partial charge in [-0.15, -0.1) is 0 Å². The van der Waals surface area contributed by atoms with E-state index < -0.39 is 0 Å². The maximum absolute atomic E-state index is 2.44. The smallest absolute Gasteiger partial charge is 0.0540 e. The van der Waals surface area contributed by atoms with Crippen LogP contribution in [0.2, 0.25) is 0 Å². The highest BCUT2D eigenvalue weighted by atomic mass is 15.2. The highest BCUT2D eigenvalue weighted by molar-refractivity contribution is 6.12. The second-order valence-electron chi connectivity index (χ2n) is 12.5. The van der Waals surface area contributed by atoms with Gasteiger partial charge in [-0.3, -0.25) is 0 Å². The summed E-state index contributed by atoms with van der Waals surface area (Å²) in [7, 11) is 0. The Balaban J connectivity index is 1.29. The zero-order valence-electron chi connectivity index (χ0n) is 27.4. The number of hydrogen-bond donors (Lipinski definition) is 0. The maximum Gasteiger partial charge on any atom is 0.0540 e. The molecule has 0 aliphatic rings. The zero-order valence-corrected chi connectivity index (χ0v) is 27.4. The summed E-state index contributed by atoms with van der Waals surface area (Å²) in [5, 5.41) is 7.38. The van der Waals surface area contributed by atoms with Crippen LogP contribution in [0.5, 0.6) is 0 Å². The van der Waals surface area contributed by atoms with Crippen molar-refractivity contribution in [2.45, 2.75) is 13.5 Å². The van der Waals surface area contributed by atoms with E-state index >= 15 is 0 Å². The first-order valence-corrected chi connectivity index (χ1v) is 17.0. The highest BCUT2D eigenvalue weighted by Crippen LogP contribution is 2.44. The minimum absolute atomic E-state index is 0.885. The van der Waals surface area contributed by atoms with Gasteiger partial charge in [0.15, 0.2) is 0 Å². The fraction of sp³-hybridized carbons (Fsp3) is 0.0435. The Kier molecular flexibility index (Phi) is 7.09. The molecule has 0 spiro atoms. The van der Waals surface area contributed by atoms with E-state index in [1.807, 2.05) is 0 Å². The molecule has 0 atom stereocenters. The number of nitrogens with zero attached hydrogens (tertiary/aromatic N) is 3. The number of anilines is 6. The Labute approximate surface area is 286 Å². The lowest BCUT2D eigenvalue weighted by molar-refractivity contribution is 0.827. The van der Waals surface area contributed by atoms with E-state index in [-0.39, 0.29) is 0 Å². The molecule has 1 aromatic heterocycles. The SMILES string of the molecule is CCn1c2ccc(N(c3ccccc3)c3cccc4ccccc34)cc2c2cc(N(c3ccccc3)c3cccc4ccccc34)ccc21. The molecular formula is C46H35N3. The average molecular weight is 630 g/mol. The van der Waals surface area contributed by atoms with Crippen LogP contribution in [-0.2, 0) is 6.54 Å². The molecule has 8 aromatic carbocycles. The number of fused-ring (bicyclic) bond motifs is 5. The molecule has 0 aliphatic carbocycles. The zero-order chi connectivity index (χ0) is 32.7. The second kappa shape index (κ2) is 12.0. The van der Waals surface area contributed by atoms with Crippen LogP contribution < -0.4 is 9.80 Å². The van der Waals surface area contributed by atoms with Crippen LogP contribution in [0.4, 0.5) is 34.1 Å². The molecule has 234 valence electrons. The second-order valence-corrected chi connectivity index (χ2v) is 12.5. The molecule has 0 radical (unpaired) electrons. The molecule has 9 aromatic rings. The van der Waals surface area contributed by atoms with Crippen molar-refractivity contribution >= 4 is 77.5 Å². The summed E-state index contributed by atoms with van der Waals surface area (Å²) in [6.45, 7) is 3.12. The van der Waals surface area contributed by atoms with E-state index in [9.17, 15) is 0 Å². The molecule has 0 bridgehead atoms. The predicted molar refractivity (Wildman–Crippen MR) is 209 cm³/mol. The normalized spacial score (nSPS) is 11.4. The summed E-state index contributed by atoms with van der Waals surface area (Å²) in [4.78, 5) is 4.79.